The third kappa shape index (κ3) is 1.98. The van der Waals surface area contributed by atoms with Gasteiger partial charge in [-0.3, -0.25) is 0 Å². The molecule has 0 atom stereocenters. The van der Waals surface area contributed by atoms with E-state index < -0.39 is 18.1 Å². The summed E-state index contributed by atoms with van der Waals surface area (Å²) in [6, 6.07) is 0. The van der Waals surface area contributed by atoms with Crippen molar-refractivity contribution >= 4 is 0 Å². The smallest absolute Gasteiger partial charge is 0.288 e. The van der Waals surface area contributed by atoms with Crippen molar-refractivity contribution in [1.82, 2.24) is 4.90 Å². The largest absolute Gasteiger partial charge is 0.383 e. The van der Waals surface area contributed by atoms with Gasteiger partial charge in [-0.15, -0.1) is 0 Å². The van der Waals surface area contributed by atoms with Gasteiger partial charge in [-0.2, -0.15) is 0 Å². The molecule has 0 bridgehead atoms. The molecule has 1 aliphatic rings. The van der Waals surface area contributed by atoms with Crippen molar-refractivity contribution in [3.8, 4) is 0 Å². The normalized spacial score (nSPS) is 24.7. The van der Waals surface area contributed by atoms with Gasteiger partial charge in [-0.25, -0.2) is 8.78 Å². The van der Waals surface area contributed by atoms with E-state index in [1.807, 2.05) is 11.9 Å². The van der Waals surface area contributed by atoms with Crippen LogP contribution in [-0.2, 0) is 0 Å². The first-order chi connectivity index (χ1) is 5.91. The molecule has 0 aromatic rings. The second-order valence-electron chi connectivity index (χ2n) is 3.74. The molecule has 3 nitrogen and oxygen atoms in total. The third-order valence-electron chi connectivity index (χ3n) is 2.75. The number of halogens is 2. The summed E-state index contributed by atoms with van der Waals surface area (Å²) in [6.07, 6.45) is 0.182. The van der Waals surface area contributed by atoms with Crippen molar-refractivity contribution in [2.45, 2.75) is 24.4 Å². The van der Waals surface area contributed by atoms with Gasteiger partial charge in [0.2, 0.25) is 0 Å². The second kappa shape index (κ2) is 3.48. The van der Waals surface area contributed by atoms with E-state index in [1.54, 1.807) is 0 Å². The Hall–Kier alpha value is -0.260. The molecule has 3 N–H and O–H groups in total. The standard InChI is InChI=1S/C8H16F2N2O/c1-12-4-2-7(13,3-5-12)8(9,10)6-11/h13H,2-6,11H2,1H3. The van der Waals surface area contributed by atoms with E-state index >= 15 is 0 Å². The molecule has 0 radical (unpaired) electrons. The van der Waals surface area contributed by atoms with Gasteiger partial charge in [0, 0.05) is 13.1 Å². The number of piperidine rings is 1. The molecular weight excluding hydrogens is 178 g/mol. The maximum atomic E-state index is 13.2. The number of rotatable bonds is 2. The molecule has 0 saturated carbocycles. The van der Waals surface area contributed by atoms with E-state index in [0.717, 1.165) is 0 Å². The van der Waals surface area contributed by atoms with Crippen molar-refractivity contribution in [1.29, 1.82) is 0 Å². The van der Waals surface area contributed by atoms with Crippen molar-refractivity contribution in [2.24, 2.45) is 5.73 Å². The average Bonchev–Trinajstić information content (AvgIpc) is 2.10. The zero-order valence-electron chi connectivity index (χ0n) is 7.76. The lowest BCUT2D eigenvalue weighted by molar-refractivity contribution is -0.193. The van der Waals surface area contributed by atoms with E-state index in [1.165, 1.54) is 0 Å². The van der Waals surface area contributed by atoms with Gasteiger partial charge >= 0.3 is 0 Å². The van der Waals surface area contributed by atoms with Crippen LogP contribution in [0.25, 0.3) is 0 Å². The molecule has 0 aliphatic carbocycles. The van der Waals surface area contributed by atoms with Crippen LogP contribution < -0.4 is 5.73 Å². The summed E-state index contributed by atoms with van der Waals surface area (Å²) in [5.74, 6) is -3.16. The Bertz CT molecular complexity index is 179. The van der Waals surface area contributed by atoms with Gasteiger partial charge in [0.05, 0.1) is 6.54 Å². The summed E-state index contributed by atoms with van der Waals surface area (Å²) in [5.41, 5.74) is 3.04. The predicted molar refractivity (Wildman–Crippen MR) is 45.7 cm³/mol. The van der Waals surface area contributed by atoms with Crippen LogP contribution in [-0.4, -0.2) is 48.2 Å². The first-order valence-electron chi connectivity index (χ1n) is 4.40. The number of nitrogens with two attached hydrogens (primary N) is 1. The van der Waals surface area contributed by atoms with E-state index in [0.29, 0.717) is 13.1 Å². The van der Waals surface area contributed by atoms with Crippen LogP contribution in [0.3, 0.4) is 0 Å². The van der Waals surface area contributed by atoms with Crippen LogP contribution in [0.2, 0.25) is 0 Å². The zero-order valence-corrected chi connectivity index (χ0v) is 7.76. The van der Waals surface area contributed by atoms with Crippen LogP contribution in [0.1, 0.15) is 12.8 Å². The minimum Gasteiger partial charge on any atom is -0.383 e. The summed E-state index contributed by atoms with van der Waals surface area (Å²) >= 11 is 0. The summed E-state index contributed by atoms with van der Waals surface area (Å²) < 4.78 is 26.3. The number of aliphatic hydroxyl groups is 1. The number of alkyl halides is 2. The fourth-order valence-corrected chi connectivity index (χ4v) is 1.54. The lowest BCUT2D eigenvalue weighted by atomic mass is 9.85. The zero-order chi connectivity index (χ0) is 10.1. The quantitative estimate of drug-likeness (QED) is 0.652. The lowest BCUT2D eigenvalue weighted by Crippen LogP contribution is -2.57. The molecule has 0 spiro atoms. The van der Waals surface area contributed by atoms with Gasteiger partial charge in [0.1, 0.15) is 5.60 Å². The Morgan fingerprint density at radius 1 is 1.46 bits per heavy atom. The van der Waals surface area contributed by atoms with Gasteiger partial charge in [0.15, 0.2) is 0 Å². The van der Waals surface area contributed by atoms with Crippen LogP contribution >= 0.6 is 0 Å². The van der Waals surface area contributed by atoms with E-state index in [9.17, 15) is 13.9 Å². The molecule has 5 heteroatoms. The van der Waals surface area contributed by atoms with Gasteiger partial charge < -0.3 is 15.7 Å². The summed E-state index contributed by atoms with van der Waals surface area (Å²) in [5, 5.41) is 9.66. The molecule has 1 heterocycles. The van der Waals surface area contributed by atoms with Crippen LogP contribution in [0, 0.1) is 0 Å². The SMILES string of the molecule is CN1CCC(O)(C(F)(F)CN)CC1. The highest BCUT2D eigenvalue weighted by atomic mass is 19.3. The minimum atomic E-state index is -3.16. The predicted octanol–water partition coefficient (Wildman–Crippen LogP) is 0.0371. The van der Waals surface area contributed by atoms with Crippen molar-refractivity contribution in [2.75, 3.05) is 26.7 Å². The highest BCUT2D eigenvalue weighted by Gasteiger charge is 2.52. The Labute approximate surface area is 76.5 Å². The van der Waals surface area contributed by atoms with Crippen LogP contribution in [0.5, 0.6) is 0 Å². The number of nitrogens with zero attached hydrogens (tertiary/aromatic N) is 1. The fraction of sp³-hybridized carbons (Fsp3) is 1.00. The van der Waals surface area contributed by atoms with Crippen molar-refractivity contribution < 1.29 is 13.9 Å². The molecule has 0 aromatic carbocycles. The highest BCUT2D eigenvalue weighted by Crippen LogP contribution is 2.36. The van der Waals surface area contributed by atoms with E-state index in [-0.39, 0.29) is 12.8 Å². The Kier molecular flexibility index (Phi) is 2.89. The topological polar surface area (TPSA) is 49.5 Å². The number of hydrogen-bond donors (Lipinski definition) is 2. The van der Waals surface area contributed by atoms with Gasteiger partial charge in [0.25, 0.3) is 5.92 Å². The fourth-order valence-electron chi connectivity index (χ4n) is 1.54. The first-order valence-corrected chi connectivity index (χ1v) is 4.40. The maximum Gasteiger partial charge on any atom is 0.288 e. The molecule has 0 unspecified atom stereocenters. The Morgan fingerprint density at radius 2 is 1.92 bits per heavy atom. The van der Waals surface area contributed by atoms with Gasteiger partial charge in [-0.05, 0) is 19.9 Å². The van der Waals surface area contributed by atoms with Crippen molar-refractivity contribution in [3.63, 3.8) is 0 Å². The Morgan fingerprint density at radius 3 is 2.31 bits per heavy atom. The molecule has 1 aliphatic heterocycles. The van der Waals surface area contributed by atoms with Gasteiger partial charge in [-0.1, -0.05) is 0 Å². The summed E-state index contributed by atoms with van der Waals surface area (Å²) in [6.45, 7) is 0.200. The molecule has 0 aromatic heterocycles. The van der Waals surface area contributed by atoms with E-state index in [2.05, 4.69) is 0 Å². The molecule has 1 fully saturated rings. The maximum absolute atomic E-state index is 13.2. The van der Waals surface area contributed by atoms with Crippen LogP contribution in [0.15, 0.2) is 0 Å². The molecule has 78 valence electrons. The second-order valence-corrected chi connectivity index (χ2v) is 3.74. The lowest BCUT2D eigenvalue weighted by Gasteiger charge is -2.41. The van der Waals surface area contributed by atoms with Crippen LogP contribution in [0.4, 0.5) is 8.78 Å². The molecular formula is C8H16F2N2O. The summed E-state index contributed by atoms with van der Waals surface area (Å²) in [7, 11) is 1.85. The molecule has 1 saturated heterocycles. The van der Waals surface area contributed by atoms with Crippen molar-refractivity contribution in [3.05, 3.63) is 0 Å². The Balaban J connectivity index is 2.66. The molecule has 13 heavy (non-hydrogen) atoms. The van der Waals surface area contributed by atoms with E-state index in [4.69, 9.17) is 5.73 Å². The minimum absolute atomic E-state index is 0.0910. The first kappa shape index (κ1) is 10.8. The highest BCUT2D eigenvalue weighted by molar-refractivity contribution is 4.97. The molecule has 1 rings (SSSR count). The third-order valence-corrected chi connectivity index (χ3v) is 2.75. The monoisotopic (exact) mass is 194 g/mol. The molecule has 0 amide bonds. The number of likely N-dealkylation sites (tertiary alicyclic amines) is 1. The number of hydrogen-bond acceptors (Lipinski definition) is 3. The summed E-state index contributed by atoms with van der Waals surface area (Å²) in [4.78, 5) is 1.92. The average molecular weight is 194 g/mol.